The molecule has 0 aliphatic rings. The smallest absolute Gasteiger partial charge is 0.242 e. The van der Waals surface area contributed by atoms with Crippen LogP contribution in [0.4, 0.5) is 5.69 Å². The fourth-order valence-electron chi connectivity index (χ4n) is 2.51. The lowest BCUT2D eigenvalue weighted by molar-refractivity contribution is -0.115. The van der Waals surface area contributed by atoms with Gasteiger partial charge in [-0.3, -0.25) is 4.79 Å². The first kappa shape index (κ1) is 17.2. The molecule has 0 fully saturated rings. The van der Waals surface area contributed by atoms with Crippen molar-refractivity contribution in [1.82, 2.24) is 4.98 Å². The highest BCUT2D eigenvalue weighted by Crippen LogP contribution is 2.35. The fourth-order valence-corrected chi connectivity index (χ4v) is 3.49. The van der Waals surface area contributed by atoms with Crippen LogP contribution in [0.3, 0.4) is 0 Å². The van der Waals surface area contributed by atoms with Crippen molar-refractivity contribution in [3.05, 3.63) is 89.6 Å². The van der Waals surface area contributed by atoms with Crippen LogP contribution in [0.2, 0.25) is 0 Å². The van der Waals surface area contributed by atoms with Crippen molar-refractivity contribution in [3.63, 3.8) is 0 Å². The van der Waals surface area contributed by atoms with Crippen molar-refractivity contribution in [1.29, 1.82) is 0 Å². The zero-order chi connectivity index (χ0) is 17.6. The first-order valence-electron chi connectivity index (χ1n) is 8.14. The highest BCUT2D eigenvalue weighted by molar-refractivity contribution is 8.00. The van der Waals surface area contributed by atoms with Crippen LogP contribution in [0.5, 0.6) is 0 Å². The molecule has 2 aromatic carbocycles. The summed E-state index contributed by atoms with van der Waals surface area (Å²) >= 11 is 1.46. The fraction of sp³-hybridized carbons (Fsp3) is 0.143. The van der Waals surface area contributed by atoms with Gasteiger partial charge in [0.2, 0.25) is 5.91 Å². The quantitative estimate of drug-likeness (QED) is 0.647. The average molecular weight is 348 g/mol. The molecule has 0 bridgehead atoms. The number of nitrogens with one attached hydrogen (secondary N) is 1. The summed E-state index contributed by atoms with van der Waals surface area (Å²) in [7, 11) is 0. The Morgan fingerprint density at radius 2 is 1.76 bits per heavy atom. The summed E-state index contributed by atoms with van der Waals surface area (Å²) in [6, 6.07) is 21.6. The number of anilines is 1. The number of hydrogen-bond donors (Lipinski definition) is 1. The van der Waals surface area contributed by atoms with Gasteiger partial charge in [-0.1, -0.05) is 60.3 Å². The molecular formula is C21H20N2OS. The van der Waals surface area contributed by atoms with Crippen molar-refractivity contribution in [2.24, 2.45) is 0 Å². The second-order valence-electron chi connectivity index (χ2n) is 5.88. The second-order valence-corrected chi connectivity index (χ2v) is 7.01. The molecule has 126 valence electrons. The number of nitrogens with zero attached hydrogens (tertiary/aromatic N) is 1. The third kappa shape index (κ3) is 4.48. The van der Waals surface area contributed by atoms with E-state index in [4.69, 9.17) is 0 Å². The summed E-state index contributed by atoms with van der Waals surface area (Å²) in [6.45, 7) is 4.02. The molecule has 1 aromatic heterocycles. The number of carbonyl (C=O) groups excluding carboxylic acids is 1. The minimum atomic E-state index is -0.365. The molecule has 1 atom stereocenters. The van der Waals surface area contributed by atoms with Gasteiger partial charge in [-0.25, -0.2) is 4.98 Å². The molecule has 1 N–H and O–H groups in total. The van der Waals surface area contributed by atoms with Crippen LogP contribution in [0, 0.1) is 13.8 Å². The number of carbonyl (C=O) groups is 1. The van der Waals surface area contributed by atoms with E-state index in [0.29, 0.717) is 0 Å². The standard InChI is InChI=1S/C21H20N2OS/c1-15-11-12-16(2)18(14-15)23-21(24)20(17-8-4-3-5-9-17)25-19-10-6-7-13-22-19/h3-14,20H,1-2H3,(H,23,24). The predicted molar refractivity (Wildman–Crippen MR) is 104 cm³/mol. The van der Waals surface area contributed by atoms with Gasteiger partial charge in [0.05, 0.1) is 5.03 Å². The van der Waals surface area contributed by atoms with E-state index in [9.17, 15) is 4.79 Å². The SMILES string of the molecule is Cc1ccc(C)c(NC(=O)C(Sc2ccccn2)c2ccccc2)c1. The number of amides is 1. The second kappa shape index (κ2) is 7.99. The molecule has 25 heavy (non-hydrogen) atoms. The van der Waals surface area contributed by atoms with Crippen LogP contribution in [0.1, 0.15) is 21.9 Å². The van der Waals surface area contributed by atoms with Gasteiger partial charge in [-0.15, -0.1) is 0 Å². The number of benzene rings is 2. The van der Waals surface area contributed by atoms with E-state index >= 15 is 0 Å². The van der Waals surface area contributed by atoms with Crippen molar-refractivity contribution in [2.75, 3.05) is 5.32 Å². The monoisotopic (exact) mass is 348 g/mol. The summed E-state index contributed by atoms with van der Waals surface area (Å²) in [4.78, 5) is 17.4. The Hall–Kier alpha value is -2.59. The Balaban J connectivity index is 1.88. The lowest BCUT2D eigenvalue weighted by Gasteiger charge is -2.18. The predicted octanol–water partition coefficient (Wildman–Crippen LogP) is 5.17. The normalized spacial score (nSPS) is 11.8. The van der Waals surface area contributed by atoms with Crippen LogP contribution in [-0.2, 0) is 4.79 Å². The Kier molecular flexibility index (Phi) is 5.51. The molecule has 3 rings (SSSR count). The van der Waals surface area contributed by atoms with Crippen molar-refractivity contribution >= 4 is 23.4 Å². The van der Waals surface area contributed by atoms with E-state index < -0.39 is 0 Å². The molecule has 1 heterocycles. The van der Waals surface area contributed by atoms with Gasteiger partial charge in [0.25, 0.3) is 0 Å². The van der Waals surface area contributed by atoms with Gasteiger partial charge >= 0.3 is 0 Å². The number of hydrogen-bond acceptors (Lipinski definition) is 3. The lowest BCUT2D eigenvalue weighted by Crippen LogP contribution is -2.19. The summed E-state index contributed by atoms with van der Waals surface area (Å²) < 4.78 is 0. The molecular weight excluding hydrogens is 328 g/mol. The van der Waals surface area contributed by atoms with Gasteiger partial charge in [0, 0.05) is 11.9 Å². The maximum Gasteiger partial charge on any atom is 0.242 e. The Morgan fingerprint density at radius 3 is 2.48 bits per heavy atom. The summed E-state index contributed by atoms with van der Waals surface area (Å²) in [5, 5.41) is 3.54. The zero-order valence-electron chi connectivity index (χ0n) is 14.3. The highest BCUT2D eigenvalue weighted by atomic mass is 32.2. The Morgan fingerprint density at radius 1 is 1.00 bits per heavy atom. The topological polar surface area (TPSA) is 42.0 Å². The van der Waals surface area contributed by atoms with E-state index in [0.717, 1.165) is 27.4 Å². The lowest BCUT2D eigenvalue weighted by atomic mass is 10.1. The van der Waals surface area contributed by atoms with Crippen molar-refractivity contribution in [3.8, 4) is 0 Å². The maximum atomic E-state index is 13.0. The number of rotatable bonds is 5. The summed E-state index contributed by atoms with van der Waals surface area (Å²) in [6.07, 6.45) is 1.74. The first-order chi connectivity index (χ1) is 12.1. The van der Waals surface area contributed by atoms with E-state index in [-0.39, 0.29) is 11.2 Å². The number of pyridine rings is 1. The van der Waals surface area contributed by atoms with Gasteiger partial charge in [-0.2, -0.15) is 0 Å². The van der Waals surface area contributed by atoms with Crippen LogP contribution in [-0.4, -0.2) is 10.9 Å². The van der Waals surface area contributed by atoms with E-state index in [1.54, 1.807) is 6.20 Å². The largest absolute Gasteiger partial charge is 0.325 e. The third-order valence-corrected chi connectivity index (χ3v) is 5.07. The van der Waals surface area contributed by atoms with E-state index in [2.05, 4.69) is 10.3 Å². The molecule has 0 saturated carbocycles. The van der Waals surface area contributed by atoms with Crippen LogP contribution >= 0.6 is 11.8 Å². The molecule has 1 amide bonds. The molecule has 3 nitrogen and oxygen atoms in total. The van der Waals surface area contributed by atoms with Crippen LogP contribution in [0.25, 0.3) is 0 Å². The minimum Gasteiger partial charge on any atom is -0.325 e. The molecule has 0 radical (unpaired) electrons. The molecule has 0 aliphatic carbocycles. The molecule has 0 aliphatic heterocycles. The van der Waals surface area contributed by atoms with Crippen LogP contribution < -0.4 is 5.32 Å². The molecule has 4 heteroatoms. The average Bonchev–Trinajstić information content (AvgIpc) is 2.64. The Bertz CT molecular complexity index is 850. The van der Waals surface area contributed by atoms with E-state index in [1.165, 1.54) is 11.8 Å². The summed E-state index contributed by atoms with van der Waals surface area (Å²) in [5.41, 5.74) is 3.98. The number of thioether (sulfide) groups is 1. The zero-order valence-corrected chi connectivity index (χ0v) is 15.1. The number of aryl methyl sites for hydroxylation is 2. The third-order valence-electron chi connectivity index (χ3n) is 3.87. The van der Waals surface area contributed by atoms with Gasteiger partial charge in [-0.05, 0) is 48.7 Å². The minimum absolute atomic E-state index is 0.0458. The van der Waals surface area contributed by atoms with Gasteiger partial charge < -0.3 is 5.32 Å². The summed E-state index contributed by atoms with van der Waals surface area (Å²) in [5.74, 6) is -0.0458. The molecule has 0 saturated heterocycles. The Labute approximate surface area is 152 Å². The highest BCUT2D eigenvalue weighted by Gasteiger charge is 2.23. The first-order valence-corrected chi connectivity index (χ1v) is 9.02. The van der Waals surface area contributed by atoms with Gasteiger partial charge in [0.15, 0.2) is 0 Å². The van der Waals surface area contributed by atoms with Crippen LogP contribution in [0.15, 0.2) is 78.0 Å². The number of aromatic nitrogens is 1. The molecule has 0 spiro atoms. The maximum absolute atomic E-state index is 13.0. The molecule has 1 unspecified atom stereocenters. The van der Waals surface area contributed by atoms with Crippen molar-refractivity contribution < 1.29 is 4.79 Å². The van der Waals surface area contributed by atoms with E-state index in [1.807, 2.05) is 80.6 Å². The van der Waals surface area contributed by atoms with Gasteiger partial charge in [0.1, 0.15) is 5.25 Å². The molecule has 3 aromatic rings. The van der Waals surface area contributed by atoms with Crippen molar-refractivity contribution in [2.45, 2.75) is 24.1 Å².